The average molecular weight is 307 g/mol. The summed E-state index contributed by atoms with van der Waals surface area (Å²) in [5.41, 5.74) is 1.21. The Morgan fingerprint density at radius 3 is 2.57 bits per heavy atom. The molecule has 21 heavy (non-hydrogen) atoms. The quantitative estimate of drug-likeness (QED) is 0.486. The Morgan fingerprint density at radius 2 is 1.76 bits per heavy atom. The van der Waals surface area contributed by atoms with E-state index in [4.69, 9.17) is 11.6 Å². The van der Waals surface area contributed by atoms with Gasteiger partial charge in [0.25, 0.3) is 0 Å². The van der Waals surface area contributed by atoms with E-state index >= 15 is 0 Å². The van der Waals surface area contributed by atoms with Crippen molar-refractivity contribution in [1.82, 2.24) is 0 Å². The first-order valence-electron chi connectivity index (χ1n) is 9.29. The fraction of sp³-hybridized carbons (Fsp3) is 0.900. The SMILES string of the molecule is C[C@@H]1CC[C@H]2[C@@H]3CC[C@H]4CC(Cl)=CC[C@]4(C)[C@H]3CC[C@]12C. The molecule has 118 valence electrons. The lowest BCUT2D eigenvalue weighted by atomic mass is 9.45. The van der Waals surface area contributed by atoms with Crippen molar-refractivity contribution >= 4 is 11.6 Å². The molecule has 0 N–H and O–H groups in total. The lowest BCUT2D eigenvalue weighted by Crippen LogP contribution is -2.52. The van der Waals surface area contributed by atoms with Crippen LogP contribution >= 0.6 is 11.6 Å². The summed E-state index contributed by atoms with van der Waals surface area (Å²) in [6.07, 6.45) is 13.7. The number of rotatable bonds is 0. The summed E-state index contributed by atoms with van der Waals surface area (Å²) in [7, 11) is 0. The molecule has 0 aromatic carbocycles. The maximum atomic E-state index is 6.37. The van der Waals surface area contributed by atoms with Gasteiger partial charge in [0.1, 0.15) is 0 Å². The van der Waals surface area contributed by atoms with Gasteiger partial charge in [-0.15, -0.1) is 0 Å². The summed E-state index contributed by atoms with van der Waals surface area (Å²) in [6.45, 7) is 7.75. The summed E-state index contributed by atoms with van der Waals surface area (Å²) < 4.78 is 0. The average Bonchev–Trinajstić information content (AvgIpc) is 2.76. The molecule has 0 heterocycles. The highest BCUT2D eigenvalue weighted by molar-refractivity contribution is 6.29. The first-order valence-corrected chi connectivity index (χ1v) is 9.67. The van der Waals surface area contributed by atoms with Gasteiger partial charge >= 0.3 is 0 Å². The molecule has 0 aromatic heterocycles. The molecule has 4 aliphatic carbocycles. The van der Waals surface area contributed by atoms with E-state index in [0.717, 1.165) is 34.6 Å². The summed E-state index contributed by atoms with van der Waals surface area (Å²) in [5, 5.41) is 1.14. The predicted octanol–water partition coefficient (Wildman–Crippen LogP) is 6.40. The van der Waals surface area contributed by atoms with Gasteiger partial charge in [-0.25, -0.2) is 0 Å². The Balaban J connectivity index is 1.65. The van der Waals surface area contributed by atoms with Gasteiger partial charge in [-0.1, -0.05) is 38.4 Å². The highest BCUT2D eigenvalue weighted by Crippen LogP contribution is 2.67. The van der Waals surface area contributed by atoms with Crippen molar-refractivity contribution < 1.29 is 0 Å². The zero-order valence-corrected chi connectivity index (χ0v) is 14.8. The number of hydrogen-bond acceptors (Lipinski definition) is 0. The van der Waals surface area contributed by atoms with Crippen LogP contribution in [0, 0.1) is 40.4 Å². The van der Waals surface area contributed by atoms with Crippen molar-refractivity contribution in [3.8, 4) is 0 Å². The van der Waals surface area contributed by atoms with Crippen LogP contribution < -0.4 is 0 Å². The Labute approximate surface area is 135 Å². The van der Waals surface area contributed by atoms with Crippen LogP contribution in [0.15, 0.2) is 11.1 Å². The minimum Gasteiger partial charge on any atom is -0.0895 e. The first kappa shape index (κ1) is 14.6. The van der Waals surface area contributed by atoms with E-state index < -0.39 is 0 Å². The van der Waals surface area contributed by atoms with Gasteiger partial charge in [-0.2, -0.15) is 0 Å². The van der Waals surface area contributed by atoms with E-state index in [1.165, 1.54) is 51.4 Å². The molecule has 1 heteroatoms. The smallest absolute Gasteiger partial charge is 0.0144 e. The third-order valence-corrected chi connectivity index (χ3v) is 9.05. The molecule has 0 aliphatic heterocycles. The van der Waals surface area contributed by atoms with Gasteiger partial charge in [0.05, 0.1) is 0 Å². The molecule has 3 saturated carbocycles. The Hall–Kier alpha value is 0.0300. The monoisotopic (exact) mass is 306 g/mol. The lowest BCUT2D eigenvalue weighted by molar-refractivity contribution is -0.0950. The van der Waals surface area contributed by atoms with Crippen molar-refractivity contribution in [3.63, 3.8) is 0 Å². The van der Waals surface area contributed by atoms with Crippen LogP contribution in [0.1, 0.15) is 72.1 Å². The van der Waals surface area contributed by atoms with Gasteiger partial charge in [-0.3, -0.25) is 0 Å². The van der Waals surface area contributed by atoms with Crippen LogP contribution in [-0.2, 0) is 0 Å². The second-order valence-corrected chi connectivity index (χ2v) is 9.72. The summed E-state index contributed by atoms with van der Waals surface area (Å²) in [4.78, 5) is 0. The third-order valence-electron chi connectivity index (χ3n) is 8.74. The normalized spacial score (nSPS) is 56.2. The molecule has 7 atom stereocenters. The van der Waals surface area contributed by atoms with Gasteiger partial charge < -0.3 is 0 Å². The Bertz CT molecular complexity index is 466. The number of fused-ring (bicyclic) bond motifs is 5. The molecule has 0 aromatic rings. The van der Waals surface area contributed by atoms with Gasteiger partial charge in [0.2, 0.25) is 0 Å². The molecule has 0 amide bonds. The summed E-state index contributed by atoms with van der Waals surface area (Å²) in [5.74, 6) is 4.82. The number of halogens is 1. The zero-order valence-electron chi connectivity index (χ0n) is 14.0. The van der Waals surface area contributed by atoms with E-state index in [0.29, 0.717) is 10.8 Å². The van der Waals surface area contributed by atoms with Crippen LogP contribution in [0.5, 0.6) is 0 Å². The summed E-state index contributed by atoms with van der Waals surface area (Å²) in [6, 6.07) is 0. The molecule has 4 rings (SSSR count). The van der Waals surface area contributed by atoms with Crippen LogP contribution in [-0.4, -0.2) is 0 Å². The second kappa shape index (κ2) is 4.76. The molecule has 0 bridgehead atoms. The lowest BCUT2D eigenvalue weighted by Gasteiger charge is -2.60. The third kappa shape index (κ3) is 1.93. The van der Waals surface area contributed by atoms with Crippen molar-refractivity contribution in [1.29, 1.82) is 0 Å². The Morgan fingerprint density at radius 1 is 1.00 bits per heavy atom. The molecule has 0 radical (unpaired) electrons. The minimum atomic E-state index is 0.550. The van der Waals surface area contributed by atoms with Crippen molar-refractivity contribution in [2.24, 2.45) is 40.4 Å². The molecule has 0 saturated heterocycles. The second-order valence-electron chi connectivity index (χ2n) is 9.24. The van der Waals surface area contributed by atoms with Crippen LogP contribution in [0.4, 0.5) is 0 Å². The Kier molecular flexibility index (Phi) is 3.31. The molecule has 0 nitrogen and oxygen atoms in total. The van der Waals surface area contributed by atoms with Crippen molar-refractivity contribution in [2.75, 3.05) is 0 Å². The molecule has 3 fully saturated rings. The van der Waals surface area contributed by atoms with E-state index in [2.05, 4.69) is 26.8 Å². The highest BCUT2D eigenvalue weighted by Gasteiger charge is 2.58. The summed E-state index contributed by atoms with van der Waals surface area (Å²) >= 11 is 6.37. The van der Waals surface area contributed by atoms with Crippen LogP contribution in [0.2, 0.25) is 0 Å². The standard InChI is InChI=1S/C20H31Cl/c1-13-4-7-17-16-6-5-14-12-15(21)8-10-20(14,3)18(16)9-11-19(13,17)2/h8,13-14,16-18H,4-7,9-12H2,1-3H3/t13-,14+,16+,17+,18+,19-,20+/m1/s1. The molecular weight excluding hydrogens is 276 g/mol. The fourth-order valence-electron chi connectivity index (χ4n) is 7.10. The van der Waals surface area contributed by atoms with E-state index in [-0.39, 0.29) is 0 Å². The maximum Gasteiger partial charge on any atom is 0.0144 e. The number of hydrogen-bond donors (Lipinski definition) is 0. The van der Waals surface area contributed by atoms with Crippen LogP contribution in [0.3, 0.4) is 0 Å². The molecular formula is C20H31Cl. The maximum absolute atomic E-state index is 6.37. The fourth-order valence-corrected chi connectivity index (χ4v) is 7.36. The molecule has 0 spiro atoms. The predicted molar refractivity (Wildman–Crippen MR) is 90.2 cm³/mol. The van der Waals surface area contributed by atoms with Crippen molar-refractivity contribution in [2.45, 2.75) is 72.1 Å². The largest absolute Gasteiger partial charge is 0.0895 e. The topological polar surface area (TPSA) is 0 Å². The zero-order chi connectivity index (χ0) is 14.8. The number of allylic oxidation sites excluding steroid dienone is 2. The first-order chi connectivity index (χ1) is 9.95. The van der Waals surface area contributed by atoms with Gasteiger partial charge in [-0.05, 0) is 91.8 Å². The van der Waals surface area contributed by atoms with Gasteiger partial charge in [0.15, 0.2) is 0 Å². The van der Waals surface area contributed by atoms with Gasteiger partial charge in [0, 0.05) is 5.03 Å². The minimum absolute atomic E-state index is 0.550. The molecule has 0 unspecified atom stereocenters. The van der Waals surface area contributed by atoms with E-state index in [1.807, 2.05) is 0 Å². The molecule has 4 aliphatic rings. The van der Waals surface area contributed by atoms with Crippen molar-refractivity contribution in [3.05, 3.63) is 11.1 Å². The van der Waals surface area contributed by atoms with E-state index in [9.17, 15) is 0 Å². The van der Waals surface area contributed by atoms with Crippen LogP contribution in [0.25, 0.3) is 0 Å². The highest BCUT2D eigenvalue weighted by atomic mass is 35.5. The van der Waals surface area contributed by atoms with E-state index in [1.54, 1.807) is 0 Å².